The maximum atomic E-state index is 13.9. The Morgan fingerprint density at radius 2 is 2.00 bits per heavy atom. The second-order valence-electron chi connectivity index (χ2n) is 2.89. The molecule has 0 saturated carbocycles. The van der Waals surface area contributed by atoms with Gasteiger partial charge in [-0.2, -0.15) is 0 Å². The first-order valence-electron chi connectivity index (χ1n) is 4.22. The fraction of sp³-hybridized carbons (Fsp3) is 0.300. The second kappa shape index (κ2) is 4.17. The van der Waals surface area contributed by atoms with E-state index in [0.29, 0.717) is 0 Å². The second-order valence-corrected chi connectivity index (χ2v) is 2.89. The fourth-order valence-corrected chi connectivity index (χ4v) is 1.23. The molecule has 1 unspecified atom stereocenters. The third-order valence-electron chi connectivity index (χ3n) is 2.11. The van der Waals surface area contributed by atoms with Gasteiger partial charge in [-0.1, -0.05) is 37.3 Å². The maximum Gasteiger partial charge on any atom is 0.390 e. The van der Waals surface area contributed by atoms with E-state index < -0.39 is 11.6 Å². The third kappa shape index (κ3) is 1.73. The van der Waals surface area contributed by atoms with Crippen LogP contribution in [0.2, 0.25) is 0 Å². The maximum absolute atomic E-state index is 13.9. The van der Waals surface area contributed by atoms with Gasteiger partial charge in [0.25, 0.3) is 0 Å². The van der Waals surface area contributed by atoms with Gasteiger partial charge in [0.15, 0.2) is 0 Å². The van der Waals surface area contributed by atoms with Gasteiger partial charge in [0.05, 0.1) is 0 Å². The zero-order valence-corrected chi connectivity index (χ0v) is 7.67. The highest BCUT2D eigenvalue weighted by atomic mass is 19.3. The zero-order valence-electron chi connectivity index (χ0n) is 7.67. The first-order valence-corrected chi connectivity index (χ1v) is 4.22. The van der Waals surface area contributed by atoms with E-state index in [0.717, 1.165) is 0 Å². The van der Waals surface area contributed by atoms with Crippen molar-refractivity contribution in [3.63, 3.8) is 0 Å². The lowest BCUT2D eigenvalue weighted by atomic mass is 9.93. The Balaban J connectivity index is 3.08. The molecule has 0 aliphatic rings. The third-order valence-corrected chi connectivity index (χ3v) is 2.11. The molecule has 1 atom stereocenters. The summed E-state index contributed by atoms with van der Waals surface area (Å²) in [5.41, 5.74) is -2.29. The van der Waals surface area contributed by atoms with Crippen LogP contribution >= 0.6 is 0 Å². The van der Waals surface area contributed by atoms with Crippen LogP contribution in [-0.2, 0) is 15.4 Å². The predicted octanol–water partition coefficient (Wildman–Crippen LogP) is 2.69. The lowest BCUT2D eigenvalue weighted by Gasteiger charge is -2.18. The molecule has 14 heavy (non-hydrogen) atoms. The summed E-state index contributed by atoms with van der Waals surface area (Å²) in [4.78, 5) is 13.8. The average molecular weight is 200 g/mol. The Bertz CT molecular complexity index is 313. The molecule has 0 N–H and O–H groups in total. The highest BCUT2D eigenvalue weighted by Crippen LogP contribution is 2.31. The minimum absolute atomic E-state index is 0.102. The summed E-state index contributed by atoms with van der Waals surface area (Å²) < 4.78 is 25.6. The summed E-state index contributed by atoms with van der Waals surface area (Å²) >= 11 is 0. The van der Waals surface area contributed by atoms with Gasteiger partial charge in [-0.3, -0.25) is 4.94 Å². The number of hydrogen-bond donors (Lipinski definition) is 0. The molecule has 1 aromatic carbocycles. The van der Waals surface area contributed by atoms with Crippen LogP contribution in [-0.4, -0.2) is 5.97 Å². The van der Waals surface area contributed by atoms with Crippen LogP contribution in [0.15, 0.2) is 30.3 Å². The molecule has 1 rings (SSSR count). The van der Waals surface area contributed by atoms with Crippen LogP contribution in [0.3, 0.4) is 0 Å². The normalized spacial score (nSPS) is 14.5. The number of halogens is 2. The quantitative estimate of drug-likeness (QED) is 0.749. The molecule has 0 amide bonds. The van der Waals surface area contributed by atoms with E-state index >= 15 is 0 Å². The van der Waals surface area contributed by atoms with Crippen LogP contribution in [0.5, 0.6) is 0 Å². The number of benzene rings is 1. The molecule has 0 spiro atoms. The molecule has 4 heteroatoms. The Morgan fingerprint density at radius 3 is 2.43 bits per heavy atom. The van der Waals surface area contributed by atoms with Crippen molar-refractivity contribution in [3.8, 4) is 0 Å². The number of alkyl halides is 1. The molecule has 76 valence electrons. The van der Waals surface area contributed by atoms with E-state index in [9.17, 15) is 13.7 Å². The van der Waals surface area contributed by atoms with Crippen molar-refractivity contribution in [2.24, 2.45) is 0 Å². The molecule has 1 aromatic rings. The number of rotatable bonds is 3. The van der Waals surface area contributed by atoms with Crippen LogP contribution in [0.4, 0.5) is 8.92 Å². The molecular formula is C10H10F2O2. The highest BCUT2D eigenvalue weighted by Gasteiger charge is 2.41. The van der Waals surface area contributed by atoms with Crippen molar-refractivity contribution in [1.29, 1.82) is 0 Å². The number of carbonyl (C=O) groups excluding carboxylic acids is 1. The van der Waals surface area contributed by atoms with E-state index in [2.05, 4.69) is 4.94 Å². The summed E-state index contributed by atoms with van der Waals surface area (Å²) in [5, 5.41) is 0. The van der Waals surface area contributed by atoms with Gasteiger partial charge in [0.2, 0.25) is 5.67 Å². The van der Waals surface area contributed by atoms with Gasteiger partial charge in [-0.25, -0.2) is 9.18 Å². The van der Waals surface area contributed by atoms with Crippen LogP contribution < -0.4 is 0 Å². The first kappa shape index (κ1) is 10.6. The largest absolute Gasteiger partial charge is 0.390 e. The van der Waals surface area contributed by atoms with Gasteiger partial charge >= 0.3 is 5.97 Å². The molecule has 0 aromatic heterocycles. The highest BCUT2D eigenvalue weighted by molar-refractivity contribution is 5.80. The van der Waals surface area contributed by atoms with Gasteiger partial charge in [0, 0.05) is 10.1 Å². The average Bonchev–Trinajstić information content (AvgIpc) is 2.28. The predicted molar refractivity (Wildman–Crippen MR) is 46.7 cm³/mol. The SMILES string of the molecule is CCC(F)(C(=O)OF)c1ccccc1. The minimum atomic E-state index is -2.39. The Kier molecular flexibility index (Phi) is 3.17. The summed E-state index contributed by atoms with van der Waals surface area (Å²) in [5.74, 6) is -1.51. The molecule has 0 radical (unpaired) electrons. The lowest BCUT2D eigenvalue weighted by molar-refractivity contribution is -0.199. The van der Waals surface area contributed by atoms with E-state index in [-0.39, 0.29) is 12.0 Å². The van der Waals surface area contributed by atoms with Crippen molar-refractivity contribution >= 4 is 5.97 Å². The van der Waals surface area contributed by atoms with Crippen molar-refractivity contribution in [1.82, 2.24) is 0 Å². The Morgan fingerprint density at radius 1 is 1.43 bits per heavy atom. The lowest BCUT2D eigenvalue weighted by Crippen LogP contribution is -2.30. The molecule has 0 fully saturated rings. The number of carbonyl (C=O) groups is 1. The summed E-state index contributed by atoms with van der Waals surface area (Å²) in [7, 11) is 0. The molecular weight excluding hydrogens is 190 g/mol. The molecule has 0 aliphatic heterocycles. The summed E-state index contributed by atoms with van der Waals surface area (Å²) in [6.07, 6.45) is -0.167. The van der Waals surface area contributed by atoms with Crippen molar-refractivity contribution in [2.75, 3.05) is 0 Å². The van der Waals surface area contributed by atoms with E-state index in [1.807, 2.05) is 0 Å². The number of hydrogen-bond acceptors (Lipinski definition) is 2. The van der Waals surface area contributed by atoms with Crippen LogP contribution in [0.25, 0.3) is 0 Å². The minimum Gasteiger partial charge on any atom is -0.251 e. The van der Waals surface area contributed by atoms with Gasteiger partial charge in [0.1, 0.15) is 0 Å². The molecule has 0 heterocycles. The monoisotopic (exact) mass is 200 g/mol. The van der Waals surface area contributed by atoms with E-state index in [1.165, 1.54) is 19.1 Å². The zero-order chi connectivity index (χ0) is 10.6. The van der Waals surface area contributed by atoms with Crippen molar-refractivity contribution < 1.29 is 18.7 Å². The van der Waals surface area contributed by atoms with Crippen molar-refractivity contribution in [3.05, 3.63) is 35.9 Å². The molecule has 0 bridgehead atoms. The summed E-state index contributed by atoms with van der Waals surface area (Å²) in [6.45, 7) is 1.45. The van der Waals surface area contributed by atoms with Gasteiger partial charge in [-0.05, 0) is 6.42 Å². The molecule has 2 nitrogen and oxygen atoms in total. The fourth-order valence-electron chi connectivity index (χ4n) is 1.23. The van der Waals surface area contributed by atoms with Crippen LogP contribution in [0.1, 0.15) is 18.9 Å². The Hall–Kier alpha value is -1.45. The van der Waals surface area contributed by atoms with Gasteiger partial charge < -0.3 is 0 Å². The van der Waals surface area contributed by atoms with E-state index in [1.54, 1.807) is 18.2 Å². The standard InChI is InChI=1S/C10H10F2O2/c1-2-10(11,9(13)14-12)8-6-4-3-5-7-8/h3-7H,2H2,1H3. The van der Waals surface area contributed by atoms with Crippen LogP contribution in [0, 0.1) is 0 Å². The topological polar surface area (TPSA) is 26.3 Å². The smallest absolute Gasteiger partial charge is 0.251 e. The summed E-state index contributed by atoms with van der Waals surface area (Å²) in [6, 6.07) is 7.66. The first-order chi connectivity index (χ1) is 6.65. The molecule has 0 aliphatic carbocycles. The molecule has 0 saturated heterocycles. The Labute approximate surface area is 80.4 Å². The van der Waals surface area contributed by atoms with E-state index in [4.69, 9.17) is 0 Å². The van der Waals surface area contributed by atoms with Gasteiger partial charge in [-0.15, -0.1) is 0 Å². The van der Waals surface area contributed by atoms with Crippen molar-refractivity contribution in [2.45, 2.75) is 19.0 Å².